The van der Waals surface area contributed by atoms with Crippen LogP contribution in [-0.2, 0) is 6.54 Å². The number of halogens is 2. The summed E-state index contributed by atoms with van der Waals surface area (Å²) in [5.41, 5.74) is 2.71. The fraction of sp³-hybridized carbons (Fsp3) is 0.0625. The molecule has 3 rings (SSSR count). The highest BCUT2D eigenvalue weighted by Gasteiger charge is 2.02. The van der Waals surface area contributed by atoms with Crippen molar-refractivity contribution in [1.82, 2.24) is 4.98 Å². The molecule has 1 aromatic heterocycles. The minimum atomic E-state index is -0.328. The number of aromatic nitrogens is 1. The molecule has 0 atom stereocenters. The highest BCUT2D eigenvalue weighted by Crippen LogP contribution is 2.20. The minimum Gasteiger partial charge on any atom is -0.380 e. The van der Waals surface area contributed by atoms with E-state index < -0.39 is 0 Å². The summed E-state index contributed by atoms with van der Waals surface area (Å²) in [6.07, 6.45) is 1.78. The number of rotatable bonds is 3. The van der Waals surface area contributed by atoms with Gasteiger partial charge in [-0.15, -0.1) is 0 Å². The first-order chi connectivity index (χ1) is 9.72. The second-order valence-corrected chi connectivity index (χ2v) is 4.91. The van der Waals surface area contributed by atoms with E-state index in [1.165, 1.54) is 12.1 Å². The van der Waals surface area contributed by atoms with Crippen molar-refractivity contribution in [2.45, 2.75) is 6.54 Å². The molecule has 0 aliphatic carbocycles. The Hall–Kier alpha value is -2.13. The third kappa shape index (κ3) is 2.73. The Labute approximate surface area is 121 Å². The Bertz CT molecular complexity index is 758. The first-order valence-corrected chi connectivity index (χ1v) is 6.63. The third-order valence-corrected chi connectivity index (χ3v) is 3.44. The summed E-state index contributed by atoms with van der Waals surface area (Å²) < 4.78 is 13.0. The van der Waals surface area contributed by atoms with Crippen molar-refractivity contribution in [2.24, 2.45) is 0 Å². The van der Waals surface area contributed by atoms with Crippen LogP contribution in [0.3, 0.4) is 0 Å². The Balaban J connectivity index is 1.79. The number of hydrogen-bond acceptors (Lipinski definition) is 2. The van der Waals surface area contributed by atoms with Crippen LogP contribution in [0.2, 0.25) is 5.02 Å². The van der Waals surface area contributed by atoms with Crippen LogP contribution < -0.4 is 5.32 Å². The van der Waals surface area contributed by atoms with Gasteiger partial charge in [-0.1, -0.05) is 35.9 Å². The average Bonchev–Trinajstić information content (AvgIpc) is 2.46. The summed E-state index contributed by atoms with van der Waals surface area (Å²) in [4.78, 5) is 4.37. The Morgan fingerprint density at radius 1 is 1.10 bits per heavy atom. The lowest BCUT2D eigenvalue weighted by Gasteiger charge is -2.08. The standard InChI is InChI=1S/C16H12ClFN2/c17-15-8-13(18)6-5-12(15)9-19-14-7-11-3-1-2-4-16(11)20-10-14/h1-8,10,19H,9H2. The molecule has 4 heteroatoms. The molecule has 0 saturated heterocycles. The molecule has 0 amide bonds. The number of nitrogens with zero attached hydrogens (tertiary/aromatic N) is 1. The van der Waals surface area contributed by atoms with E-state index in [9.17, 15) is 4.39 Å². The van der Waals surface area contributed by atoms with Gasteiger partial charge in [0.15, 0.2) is 0 Å². The molecule has 3 aromatic rings. The van der Waals surface area contributed by atoms with Gasteiger partial charge in [0, 0.05) is 17.0 Å². The number of anilines is 1. The topological polar surface area (TPSA) is 24.9 Å². The van der Waals surface area contributed by atoms with E-state index in [1.54, 1.807) is 12.3 Å². The zero-order chi connectivity index (χ0) is 13.9. The van der Waals surface area contributed by atoms with Crippen LogP contribution in [0.15, 0.2) is 54.7 Å². The first-order valence-electron chi connectivity index (χ1n) is 6.25. The normalized spacial score (nSPS) is 10.7. The molecule has 0 fully saturated rings. The highest BCUT2D eigenvalue weighted by molar-refractivity contribution is 6.31. The van der Waals surface area contributed by atoms with E-state index in [2.05, 4.69) is 10.3 Å². The number of pyridine rings is 1. The Kier molecular flexibility index (Phi) is 3.52. The van der Waals surface area contributed by atoms with Crippen molar-refractivity contribution in [3.8, 4) is 0 Å². The zero-order valence-electron chi connectivity index (χ0n) is 10.6. The SMILES string of the molecule is Fc1ccc(CNc2cnc3ccccc3c2)c(Cl)c1. The van der Waals surface area contributed by atoms with Crippen molar-refractivity contribution in [3.05, 3.63) is 71.1 Å². The smallest absolute Gasteiger partial charge is 0.124 e. The van der Waals surface area contributed by atoms with Gasteiger partial charge >= 0.3 is 0 Å². The average molecular weight is 287 g/mol. The summed E-state index contributed by atoms with van der Waals surface area (Å²) in [5.74, 6) is -0.328. The van der Waals surface area contributed by atoms with Gasteiger partial charge in [-0.25, -0.2) is 4.39 Å². The van der Waals surface area contributed by atoms with Gasteiger partial charge in [0.05, 0.1) is 17.4 Å². The molecule has 0 radical (unpaired) electrons. The zero-order valence-corrected chi connectivity index (χ0v) is 11.4. The number of benzene rings is 2. The number of fused-ring (bicyclic) bond motifs is 1. The molecule has 0 spiro atoms. The lowest BCUT2D eigenvalue weighted by molar-refractivity contribution is 0.627. The quantitative estimate of drug-likeness (QED) is 0.759. The molecule has 20 heavy (non-hydrogen) atoms. The molecule has 2 aromatic carbocycles. The van der Waals surface area contributed by atoms with Crippen molar-refractivity contribution >= 4 is 28.2 Å². The van der Waals surface area contributed by atoms with E-state index in [0.29, 0.717) is 11.6 Å². The van der Waals surface area contributed by atoms with Crippen LogP contribution >= 0.6 is 11.6 Å². The molecule has 1 N–H and O–H groups in total. The van der Waals surface area contributed by atoms with Gasteiger partial charge in [0.2, 0.25) is 0 Å². The number of hydrogen-bond donors (Lipinski definition) is 1. The van der Waals surface area contributed by atoms with Crippen LogP contribution in [0, 0.1) is 5.82 Å². The van der Waals surface area contributed by atoms with E-state index in [0.717, 1.165) is 22.2 Å². The van der Waals surface area contributed by atoms with E-state index >= 15 is 0 Å². The van der Waals surface area contributed by atoms with Crippen molar-refractivity contribution in [2.75, 3.05) is 5.32 Å². The van der Waals surface area contributed by atoms with E-state index in [-0.39, 0.29) is 5.82 Å². The monoisotopic (exact) mass is 286 g/mol. The maximum absolute atomic E-state index is 13.0. The van der Waals surface area contributed by atoms with Gasteiger partial charge in [0.25, 0.3) is 0 Å². The lowest BCUT2D eigenvalue weighted by Crippen LogP contribution is -2.00. The molecular weight excluding hydrogens is 275 g/mol. The van der Waals surface area contributed by atoms with Gasteiger partial charge in [-0.2, -0.15) is 0 Å². The van der Waals surface area contributed by atoms with Crippen LogP contribution in [0.5, 0.6) is 0 Å². The third-order valence-electron chi connectivity index (χ3n) is 3.09. The predicted octanol–water partition coefficient (Wildman–Crippen LogP) is 4.64. The highest BCUT2D eigenvalue weighted by atomic mass is 35.5. The van der Waals surface area contributed by atoms with Crippen LogP contribution in [0.4, 0.5) is 10.1 Å². The second-order valence-electron chi connectivity index (χ2n) is 4.51. The molecule has 0 aliphatic rings. The molecule has 100 valence electrons. The van der Waals surface area contributed by atoms with E-state index in [4.69, 9.17) is 11.6 Å². The maximum atomic E-state index is 13.0. The second kappa shape index (κ2) is 5.47. The summed E-state index contributed by atoms with van der Waals surface area (Å²) in [5, 5.41) is 4.74. The predicted molar refractivity (Wildman–Crippen MR) is 80.5 cm³/mol. The fourth-order valence-corrected chi connectivity index (χ4v) is 2.26. The van der Waals surface area contributed by atoms with Crippen molar-refractivity contribution in [1.29, 1.82) is 0 Å². The molecule has 0 bridgehead atoms. The summed E-state index contributed by atoms with van der Waals surface area (Å²) in [7, 11) is 0. The summed E-state index contributed by atoms with van der Waals surface area (Å²) >= 11 is 6.00. The molecule has 2 nitrogen and oxygen atoms in total. The van der Waals surface area contributed by atoms with Gasteiger partial charge in [-0.3, -0.25) is 4.98 Å². The summed E-state index contributed by atoms with van der Waals surface area (Å²) in [6.45, 7) is 0.527. The fourth-order valence-electron chi connectivity index (χ4n) is 2.03. The van der Waals surface area contributed by atoms with Crippen LogP contribution in [-0.4, -0.2) is 4.98 Å². The Morgan fingerprint density at radius 2 is 1.95 bits per heavy atom. The first kappa shape index (κ1) is 12.9. The number of nitrogens with one attached hydrogen (secondary N) is 1. The molecule has 0 unspecified atom stereocenters. The Morgan fingerprint density at radius 3 is 2.80 bits per heavy atom. The lowest BCUT2D eigenvalue weighted by atomic mass is 10.2. The van der Waals surface area contributed by atoms with Crippen molar-refractivity contribution in [3.63, 3.8) is 0 Å². The largest absolute Gasteiger partial charge is 0.380 e. The van der Waals surface area contributed by atoms with Crippen LogP contribution in [0.25, 0.3) is 10.9 Å². The van der Waals surface area contributed by atoms with Gasteiger partial charge < -0.3 is 5.32 Å². The molecule has 0 aliphatic heterocycles. The minimum absolute atomic E-state index is 0.328. The molecular formula is C16H12ClFN2. The molecule has 1 heterocycles. The van der Waals surface area contributed by atoms with Crippen LogP contribution in [0.1, 0.15) is 5.56 Å². The van der Waals surface area contributed by atoms with Crippen molar-refractivity contribution < 1.29 is 4.39 Å². The van der Waals surface area contributed by atoms with Gasteiger partial charge in [-0.05, 0) is 29.8 Å². The van der Waals surface area contributed by atoms with Gasteiger partial charge in [0.1, 0.15) is 5.82 Å². The number of para-hydroxylation sites is 1. The maximum Gasteiger partial charge on any atom is 0.124 e. The summed E-state index contributed by atoms with van der Waals surface area (Å²) in [6, 6.07) is 14.3. The van der Waals surface area contributed by atoms with E-state index in [1.807, 2.05) is 30.3 Å². The molecule has 0 saturated carbocycles.